The molecule has 0 aliphatic carbocycles. The summed E-state index contributed by atoms with van der Waals surface area (Å²) in [5.41, 5.74) is 6.64. The van der Waals surface area contributed by atoms with E-state index in [-0.39, 0.29) is 11.7 Å². The number of nitrogens with one attached hydrogen (secondary N) is 3. The second-order valence-corrected chi connectivity index (χ2v) is 6.49. The van der Waals surface area contributed by atoms with Crippen LogP contribution in [0.1, 0.15) is 12.5 Å². The standard InChI is InChI=1S/C19H18N4OS/c1-14(11-15-7-3-2-4-8-15)12-20-23-18(24)13-25-19-21-16-9-5-6-10-17(16)22-19/h2-12H,13H2,1H3,(H,21,22)(H,23,24)/p+1. The van der Waals surface area contributed by atoms with Crippen LogP contribution in [0.15, 0.2) is 70.4 Å². The number of benzene rings is 2. The molecule has 1 amide bonds. The van der Waals surface area contributed by atoms with Crippen molar-refractivity contribution in [3.8, 4) is 0 Å². The highest BCUT2D eigenvalue weighted by Gasteiger charge is 2.11. The number of nitrogens with zero attached hydrogens (tertiary/aromatic N) is 1. The maximum Gasteiger partial charge on any atom is 0.315 e. The number of thioether (sulfide) groups is 1. The molecule has 3 rings (SSSR count). The third-order valence-electron chi connectivity index (χ3n) is 3.42. The average Bonchev–Trinajstić information content (AvgIpc) is 3.04. The van der Waals surface area contributed by atoms with Gasteiger partial charge in [-0.2, -0.15) is 5.10 Å². The molecular formula is C19H19N4OS+. The van der Waals surface area contributed by atoms with Gasteiger partial charge in [-0.05, 0) is 42.0 Å². The van der Waals surface area contributed by atoms with E-state index >= 15 is 0 Å². The Balaban J connectivity index is 1.48. The number of hydrazone groups is 1. The molecule has 0 aliphatic rings. The van der Waals surface area contributed by atoms with E-state index < -0.39 is 0 Å². The molecule has 0 atom stereocenters. The minimum Gasteiger partial charge on any atom is -0.272 e. The fraction of sp³-hybridized carbons (Fsp3) is 0.105. The number of rotatable bonds is 6. The quantitative estimate of drug-likeness (QED) is 0.406. The number of hydrogen-bond acceptors (Lipinski definition) is 3. The molecule has 0 bridgehead atoms. The number of carbonyl (C=O) groups is 1. The molecular weight excluding hydrogens is 332 g/mol. The van der Waals surface area contributed by atoms with Crippen molar-refractivity contribution in [3.63, 3.8) is 0 Å². The average molecular weight is 351 g/mol. The number of amides is 1. The first kappa shape index (κ1) is 17.0. The summed E-state index contributed by atoms with van der Waals surface area (Å²) in [6.07, 6.45) is 3.65. The van der Waals surface area contributed by atoms with Crippen molar-refractivity contribution in [2.75, 3.05) is 5.75 Å². The number of para-hydroxylation sites is 2. The molecule has 126 valence electrons. The lowest BCUT2D eigenvalue weighted by atomic mass is 10.1. The zero-order valence-electron chi connectivity index (χ0n) is 13.8. The first-order valence-electron chi connectivity index (χ1n) is 7.89. The number of hydrogen-bond donors (Lipinski definition) is 2. The largest absolute Gasteiger partial charge is 0.315 e. The molecule has 3 aromatic rings. The lowest BCUT2D eigenvalue weighted by molar-refractivity contribution is -0.396. The van der Waals surface area contributed by atoms with Crippen LogP contribution in [0.5, 0.6) is 0 Å². The van der Waals surface area contributed by atoms with Gasteiger partial charge in [0.1, 0.15) is 0 Å². The summed E-state index contributed by atoms with van der Waals surface area (Å²) < 4.78 is 0. The van der Waals surface area contributed by atoms with E-state index in [1.165, 1.54) is 11.8 Å². The Kier molecular flexibility index (Phi) is 5.64. The van der Waals surface area contributed by atoms with Gasteiger partial charge in [-0.1, -0.05) is 48.5 Å². The van der Waals surface area contributed by atoms with Gasteiger partial charge in [0, 0.05) is 0 Å². The molecule has 25 heavy (non-hydrogen) atoms. The van der Waals surface area contributed by atoms with Crippen LogP contribution in [-0.4, -0.2) is 22.9 Å². The Labute approximate surface area is 150 Å². The van der Waals surface area contributed by atoms with Crippen LogP contribution in [0, 0.1) is 0 Å². The molecule has 3 N–H and O–H groups in total. The lowest BCUT2D eigenvalue weighted by Gasteiger charge is -1.97. The summed E-state index contributed by atoms with van der Waals surface area (Å²) in [5.74, 6) is 0.128. The van der Waals surface area contributed by atoms with E-state index in [1.807, 2.05) is 67.6 Å². The molecule has 1 heterocycles. The van der Waals surface area contributed by atoms with Gasteiger partial charge >= 0.3 is 5.16 Å². The Morgan fingerprint density at radius 2 is 1.96 bits per heavy atom. The van der Waals surface area contributed by atoms with Crippen molar-refractivity contribution in [3.05, 3.63) is 65.7 Å². The fourth-order valence-electron chi connectivity index (χ4n) is 2.27. The molecule has 6 heteroatoms. The molecule has 0 aliphatic heterocycles. The number of H-pyrrole nitrogens is 2. The minimum atomic E-state index is -0.152. The zero-order chi connectivity index (χ0) is 17.5. The van der Waals surface area contributed by atoms with Crippen LogP contribution in [0.3, 0.4) is 0 Å². The predicted molar refractivity (Wildman–Crippen MR) is 102 cm³/mol. The smallest absolute Gasteiger partial charge is 0.272 e. The highest BCUT2D eigenvalue weighted by Crippen LogP contribution is 2.14. The molecule has 0 spiro atoms. The van der Waals surface area contributed by atoms with Crippen LogP contribution in [0.2, 0.25) is 0 Å². The molecule has 1 aromatic heterocycles. The van der Waals surface area contributed by atoms with Gasteiger partial charge in [-0.15, -0.1) is 0 Å². The predicted octanol–water partition coefficient (Wildman–Crippen LogP) is 3.28. The van der Waals surface area contributed by atoms with Crippen LogP contribution < -0.4 is 10.4 Å². The van der Waals surface area contributed by atoms with Crippen LogP contribution >= 0.6 is 11.8 Å². The van der Waals surface area contributed by atoms with Gasteiger partial charge in [0.05, 0.1) is 12.0 Å². The van der Waals surface area contributed by atoms with Crippen molar-refractivity contribution in [1.82, 2.24) is 10.4 Å². The van der Waals surface area contributed by atoms with Crippen molar-refractivity contribution < 1.29 is 9.78 Å². The van der Waals surface area contributed by atoms with E-state index in [0.29, 0.717) is 0 Å². The summed E-state index contributed by atoms with van der Waals surface area (Å²) in [6.45, 7) is 1.94. The lowest BCUT2D eigenvalue weighted by Crippen LogP contribution is -2.20. The third-order valence-corrected chi connectivity index (χ3v) is 4.32. The molecule has 0 radical (unpaired) electrons. The summed E-state index contributed by atoms with van der Waals surface area (Å²) >= 11 is 1.40. The number of aromatic amines is 2. The Hall–Kier alpha value is -2.86. The first-order chi connectivity index (χ1) is 12.2. The maximum atomic E-state index is 11.9. The van der Waals surface area contributed by atoms with E-state index in [4.69, 9.17) is 0 Å². The molecule has 5 nitrogen and oxygen atoms in total. The van der Waals surface area contributed by atoms with E-state index in [9.17, 15) is 4.79 Å². The van der Waals surface area contributed by atoms with Crippen molar-refractivity contribution >= 4 is 41.0 Å². The molecule has 0 saturated carbocycles. The van der Waals surface area contributed by atoms with E-state index in [2.05, 4.69) is 20.5 Å². The van der Waals surface area contributed by atoms with Gasteiger partial charge in [0.2, 0.25) is 0 Å². The monoisotopic (exact) mass is 351 g/mol. The summed E-state index contributed by atoms with van der Waals surface area (Å²) in [4.78, 5) is 18.3. The van der Waals surface area contributed by atoms with Gasteiger partial charge in [0.15, 0.2) is 11.0 Å². The van der Waals surface area contributed by atoms with Gasteiger partial charge < -0.3 is 0 Å². The second kappa shape index (κ2) is 8.30. The van der Waals surface area contributed by atoms with Crippen LogP contribution in [-0.2, 0) is 4.79 Å². The zero-order valence-corrected chi connectivity index (χ0v) is 14.6. The first-order valence-corrected chi connectivity index (χ1v) is 8.87. The molecule has 0 saturated heterocycles. The normalized spacial score (nSPS) is 12.0. The topological polar surface area (TPSA) is 71.4 Å². The number of allylic oxidation sites excluding steroid dienone is 1. The van der Waals surface area contributed by atoms with Crippen molar-refractivity contribution in [2.24, 2.45) is 5.10 Å². The Bertz CT molecular complexity index is 882. The third kappa shape index (κ3) is 5.06. The molecule has 2 aromatic carbocycles. The van der Waals surface area contributed by atoms with Crippen molar-refractivity contribution in [2.45, 2.75) is 12.1 Å². The van der Waals surface area contributed by atoms with E-state index in [1.54, 1.807) is 6.21 Å². The number of imidazole rings is 1. The molecule has 0 unspecified atom stereocenters. The highest BCUT2D eigenvalue weighted by molar-refractivity contribution is 7.99. The minimum absolute atomic E-state index is 0.152. The maximum absolute atomic E-state index is 11.9. The van der Waals surface area contributed by atoms with Gasteiger partial charge in [-0.3, -0.25) is 4.79 Å². The summed E-state index contributed by atoms with van der Waals surface area (Å²) in [7, 11) is 0. The number of fused-ring (bicyclic) bond motifs is 1. The summed E-state index contributed by atoms with van der Waals surface area (Å²) in [6, 6.07) is 17.9. The van der Waals surface area contributed by atoms with Gasteiger partial charge in [0.25, 0.3) is 5.91 Å². The fourth-order valence-corrected chi connectivity index (χ4v) is 2.98. The second-order valence-electron chi connectivity index (χ2n) is 5.51. The Morgan fingerprint density at radius 3 is 2.76 bits per heavy atom. The van der Waals surface area contributed by atoms with Crippen LogP contribution in [0.4, 0.5) is 0 Å². The van der Waals surface area contributed by atoms with E-state index in [0.717, 1.165) is 27.3 Å². The van der Waals surface area contributed by atoms with Gasteiger partial charge in [-0.25, -0.2) is 15.4 Å². The Morgan fingerprint density at radius 1 is 1.20 bits per heavy atom. The SMILES string of the molecule is CC(C=NNC(=O)CSc1[nH]c2ccccc2[nH+]1)=Cc1ccccc1. The number of aromatic nitrogens is 2. The summed E-state index contributed by atoms with van der Waals surface area (Å²) in [5, 5.41) is 4.84. The number of carbonyl (C=O) groups excluding carboxylic acids is 1. The van der Waals surface area contributed by atoms with Crippen molar-refractivity contribution in [1.29, 1.82) is 0 Å². The van der Waals surface area contributed by atoms with Crippen LogP contribution in [0.25, 0.3) is 17.1 Å². The highest BCUT2D eigenvalue weighted by atomic mass is 32.2. The molecule has 0 fully saturated rings.